The van der Waals surface area contributed by atoms with E-state index in [1.165, 1.54) is 28.8 Å². The Balaban J connectivity index is 1.28. The predicted molar refractivity (Wildman–Crippen MR) is 118 cm³/mol. The van der Waals surface area contributed by atoms with E-state index in [4.69, 9.17) is 9.84 Å². The summed E-state index contributed by atoms with van der Waals surface area (Å²) in [4.78, 5) is 36.7. The zero-order valence-corrected chi connectivity index (χ0v) is 17.5. The monoisotopic (exact) mass is 438 g/mol. The fourth-order valence-electron chi connectivity index (χ4n) is 3.91. The molecule has 0 bridgehead atoms. The molecular formula is C23H22N2O5S. The van der Waals surface area contributed by atoms with Gasteiger partial charge in [0.2, 0.25) is 5.91 Å². The Hall–Kier alpha value is -3.26. The SMILES string of the molecule is O=C(NC/C=C/C(=O)N1CSCC1C(=O)O)OCC1c2ccccc2-c2ccccc21. The molecule has 2 amide bonds. The fraction of sp³-hybridized carbons (Fsp3) is 0.261. The summed E-state index contributed by atoms with van der Waals surface area (Å²) in [7, 11) is 0. The number of carbonyl (C=O) groups is 3. The van der Waals surface area contributed by atoms with Gasteiger partial charge in [0.1, 0.15) is 12.6 Å². The summed E-state index contributed by atoms with van der Waals surface area (Å²) in [6, 6.07) is 15.4. The van der Waals surface area contributed by atoms with Crippen molar-refractivity contribution in [1.29, 1.82) is 0 Å². The fourth-order valence-corrected chi connectivity index (χ4v) is 5.07. The van der Waals surface area contributed by atoms with Crippen LogP contribution in [0, 0.1) is 0 Å². The van der Waals surface area contributed by atoms with Gasteiger partial charge in [0.05, 0.1) is 5.88 Å². The molecule has 160 valence electrons. The van der Waals surface area contributed by atoms with Crippen LogP contribution in [0.5, 0.6) is 0 Å². The molecule has 1 atom stereocenters. The summed E-state index contributed by atoms with van der Waals surface area (Å²) in [5, 5.41) is 11.7. The molecule has 1 fully saturated rings. The maximum atomic E-state index is 12.2. The number of rotatable bonds is 6. The molecule has 0 saturated carbocycles. The van der Waals surface area contributed by atoms with Crippen molar-refractivity contribution in [3.8, 4) is 11.1 Å². The summed E-state index contributed by atoms with van der Waals surface area (Å²) < 4.78 is 5.43. The van der Waals surface area contributed by atoms with Gasteiger partial charge in [-0.1, -0.05) is 54.6 Å². The minimum absolute atomic E-state index is 0.0177. The maximum absolute atomic E-state index is 12.2. The van der Waals surface area contributed by atoms with Crippen molar-refractivity contribution in [2.45, 2.75) is 12.0 Å². The lowest BCUT2D eigenvalue weighted by Crippen LogP contribution is -2.41. The van der Waals surface area contributed by atoms with Gasteiger partial charge < -0.3 is 20.1 Å². The minimum Gasteiger partial charge on any atom is -0.480 e. The summed E-state index contributed by atoms with van der Waals surface area (Å²) in [6.45, 7) is 0.328. The van der Waals surface area contributed by atoms with Gasteiger partial charge in [-0.2, -0.15) is 0 Å². The Morgan fingerprint density at radius 2 is 1.74 bits per heavy atom. The number of fused-ring (bicyclic) bond motifs is 3. The molecule has 1 unspecified atom stereocenters. The Kier molecular flexibility index (Phi) is 6.27. The van der Waals surface area contributed by atoms with Crippen LogP contribution in [0.4, 0.5) is 4.79 Å². The Morgan fingerprint density at radius 1 is 1.10 bits per heavy atom. The first-order chi connectivity index (χ1) is 15.1. The van der Waals surface area contributed by atoms with E-state index in [2.05, 4.69) is 29.6 Å². The van der Waals surface area contributed by atoms with Gasteiger partial charge in [-0.25, -0.2) is 9.59 Å². The van der Waals surface area contributed by atoms with E-state index in [1.807, 2.05) is 24.3 Å². The van der Waals surface area contributed by atoms with Crippen LogP contribution in [0.1, 0.15) is 17.0 Å². The smallest absolute Gasteiger partial charge is 0.407 e. The lowest BCUT2D eigenvalue weighted by molar-refractivity contribution is -0.146. The van der Waals surface area contributed by atoms with E-state index >= 15 is 0 Å². The summed E-state index contributed by atoms with van der Waals surface area (Å²) in [5.41, 5.74) is 4.60. The lowest BCUT2D eigenvalue weighted by atomic mass is 9.98. The summed E-state index contributed by atoms with van der Waals surface area (Å²) in [5.74, 6) is -0.682. The van der Waals surface area contributed by atoms with E-state index in [9.17, 15) is 14.4 Å². The zero-order valence-electron chi connectivity index (χ0n) is 16.7. The molecule has 1 aliphatic carbocycles. The van der Waals surface area contributed by atoms with E-state index in [0.717, 1.165) is 22.3 Å². The average molecular weight is 439 g/mol. The third-order valence-electron chi connectivity index (χ3n) is 5.42. The first-order valence-corrected chi connectivity index (χ1v) is 11.1. The van der Waals surface area contributed by atoms with Crippen LogP contribution in [0.3, 0.4) is 0 Å². The molecular weight excluding hydrogens is 416 g/mol. The number of alkyl carbamates (subject to hydrolysis) is 1. The molecule has 2 N–H and O–H groups in total. The highest BCUT2D eigenvalue weighted by Crippen LogP contribution is 2.44. The third-order valence-corrected chi connectivity index (χ3v) is 6.43. The molecule has 7 nitrogen and oxygen atoms in total. The Morgan fingerprint density at radius 3 is 2.39 bits per heavy atom. The number of nitrogens with one attached hydrogen (secondary N) is 1. The van der Waals surface area contributed by atoms with Gasteiger partial charge in [-0.3, -0.25) is 4.79 Å². The van der Waals surface area contributed by atoms with Gasteiger partial charge >= 0.3 is 12.1 Å². The van der Waals surface area contributed by atoms with Crippen molar-refractivity contribution in [3.63, 3.8) is 0 Å². The third kappa shape index (κ3) is 4.44. The normalized spacial score (nSPS) is 17.4. The number of benzene rings is 2. The largest absolute Gasteiger partial charge is 0.480 e. The number of carbonyl (C=O) groups excluding carboxylic acids is 2. The molecule has 1 heterocycles. The maximum Gasteiger partial charge on any atom is 0.407 e. The highest BCUT2D eigenvalue weighted by molar-refractivity contribution is 7.99. The van der Waals surface area contributed by atoms with Gasteiger partial charge in [0.25, 0.3) is 0 Å². The van der Waals surface area contributed by atoms with Gasteiger partial charge in [0.15, 0.2) is 0 Å². The van der Waals surface area contributed by atoms with Crippen LogP contribution in [0.25, 0.3) is 11.1 Å². The summed E-state index contributed by atoms with van der Waals surface area (Å²) >= 11 is 1.40. The topological polar surface area (TPSA) is 95.9 Å². The van der Waals surface area contributed by atoms with Crippen LogP contribution in [-0.2, 0) is 14.3 Å². The van der Waals surface area contributed by atoms with E-state index in [-0.39, 0.29) is 25.0 Å². The highest BCUT2D eigenvalue weighted by atomic mass is 32.2. The zero-order chi connectivity index (χ0) is 21.8. The van der Waals surface area contributed by atoms with Gasteiger partial charge in [0, 0.05) is 24.3 Å². The first-order valence-electron chi connectivity index (χ1n) is 9.93. The molecule has 8 heteroatoms. The minimum atomic E-state index is -1.01. The molecule has 0 aromatic heterocycles. The molecule has 4 rings (SSSR count). The van der Waals surface area contributed by atoms with Gasteiger partial charge in [-0.15, -0.1) is 11.8 Å². The van der Waals surface area contributed by atoms with Crippen LogP contribution in [0.15, 0.2) is 60.7 Å². The van der Waals surface area contributed by atoms with Gasteiger partial charge in [-0.05, 0) is 22.3 Å². The van der Waals surface area contributed by atoms with E-state index < -0.39 is 18.1 Å². The number of hydrogen-bond donors (Lipinski definition) is 2. The van der Waals surface area contributed by atoms with Crippen molar-refractivity contribution in [2.75, 3.05) is 24.8 Å². The molecule has 0 spiro atoms. The summed E-state index contributed by atoms with van der Waals surface area (Å²) in [6.07, 6.45) is 2.20. The van der Waals surface area contributed by atoms with Crippen molar-refractivity contribution < 1.29 is 24.2 Å². The van der Waals surface area contributed by atoms with Crippen LogP contribution >= 0.6 is 11.8 Å². The predicted octanol–water partition coefficient (Wildman–Crippen LogP) is 3.07. The highest BCUT2D eigenvalue weighted by Gasteiger charge is 2.33. The number of carboxylic acids is 1. The number of hydrogen-bond acceptors (Lipinski definition) is 5. The standard InChI is InChI=1S/C23H22N2O5S/c26-21(25-14-31-13-20(25)22(27)28)10-5-11-24-23(29)30-12-19-17-8-3-1-6-15(17)16-7-2-4-9-18(16)19/h1-10,19-20H,11-14H2,(H,24,29)(H,27,28)/b10-5+. The average Bonchev–Trinajstić information content (AvgIpc) is 3.39. The van der Waals surface area contributed by atoms with Crippen molar-refractivity contribution in [3.05, 3.63) is 71.8 Å². The number of aliphatic carboxylic acids is 1. The van der Waals surface area contributed by atoms with Crippen LogP contribution in [-0.4, -0.2) is 58.8 Å². The lowest BCUT2D eigenvalue weighted by Gasteiger charge is -2.18. The second-order valence-corrected chi connectivity index (χ2v) is 8.27. The molecule has 1 saturated heterocycles. The number of thioether (sulfide) groups is 1. The first kappa shape index (κ1) is 21.0. The molecule has 31 heavy (non-hydrogen) atoms. The van der Waals surface area contributed by atoms with E-state index in [0.29, 0.717) is 11.6 Å². The Labute approximate surface area is 184 Å². The second-order valence-electron chi connectivity index (χ2n) is 7.27. The molecule has 0 radical (unpaired) electrons. The Bertz CT molecular complexity index is 993. The number of amides is 2. The molecule has 1 aliphatic heterocycles. The quantitative estimate of drug-likeness (QED) is 0.673. The molecule has 2 aliphatic rings. The van der Waals surface area contributed by atoms with E-state index in [1.54, 1.807) is 0 Å². The van der Waals surface area contributed by atoms with Crippen molar-refractivity contribution in [1.82, 2.24) is 10.2 Å². The van der Waals surface area contributed by atoms with Crippen LogP contribution in [0.2, 0.25) is 0 Å². The van der Waals surface area contributed by atoms with Crippen molar-refractivity contribution in [2.24, 2.45) is 0 Å². The number of nitrogens with zero attached hydrogens (tertiary/aromatic N) is 1. The second kappa shape index (κ2) is 9.26. The van der Waals surface area contributed by atoms with Crippen molar-refractivity contribution >= 4 is 29.7 Å². The van der Waals surface area contributed by atoms with Crippen LogP contribution < -0.4 is 5.32 Å². The molecule has 2 aromatic carbocycles. The number of ether oxygens (including phenoxy) is 1. The number of carboxylic acid groups (broad SMARTS) is 1. The molecule has 2 aromatic rings.